The van der Waals surface area contributed by atoms with E-state index in [0.717, 1.165) is 15.6 Å². The lowest BCUT2D eigenvalue weighted by Gasteiger charge is -2.07. The number of ketones is 1. The van der Waals surface area contributed by atoms with E-state index in [2.05, 4.69) is 12.1 Å². The van der Waals surface area contributed by atoms with Crippen molar-refractivity contribution in [3.05, 3.63) is 82.9 Å². The molecule has 1 aromatic heterocycles. The second kappa shape index (κ2) is 5.83. The summed E-state index contributed by atoms with van der Waals surface area (Å²) in [5, 5.41) is 11.6. The highest BCUT2D eigenvalue weighted by molar-refractivity contribution is 7.25. The molecule has 0 saturated heterocycles. The molecule has 0 aliphatic rings. The van der Waals surface area contributed by atoms with Gasteiger partial charge in [-0.25, -0.2) is 4.79 Å². The van der Waals surface area contributed by atoms with Crippen LogP contribution >= 0.6 is 11.3 Å². The van der Waals surface area contributed by atoms with Crippen LogP contribution in [0.1, 0.15) is 31.8 Å². The summed E-state index contributed by atoms with van der Waals surface area (Å²) >= 11 is 1.63. The molecule has 3 aromatic carbocycles. The van der Waals surface area contributed by atoms with Gasteiger partial charge in [-0.2, -0.15) is 0 Å². The molecular formula is C21H14O3S. The van der Waals surface area contributed by atoms with Crippen molar-refractivity contribution < 1.29 is 14.7 Å². The molecule has 4 rings (SSSR count). The maximum atomic E-state index is 12.9. The molecule has 0 amide bonds. The number of rotatable bonds is 3. The van der Waals surface area contributed by atoms with Gasteiger partial charge >= 0.3 is 5.97 Å². The average Bonchev–Trinajstić information content (AvgIpc) is 2.98. The standard InChI is InChI=1S/C21H14O3S/c1-12-6-8-16(21(23)24)17(10-12)20(22)13-7-9-15-14-4-2-3-5-18(14)25-19(15)11-13/h2-11H,1H3,(H,23,24). The quantitative estimate of drug-likeness (QED) is 0.513. The van der Waals surface area contributed by atoms with E-state index in [-0.39, 0.29) is 16.9 Å². The highest BCUT2D eigenvalue weighted by Gasteiger charge is 2.19. The van der Waals surface area contributed by atoms with Crippen molar-refractivity contribution in [3.8, 4) is 0 Å². The van der Waals surface area contributed by atoms with Crippen LogP contribution in [0.15, 0.2) is 60.7 Å². The summed E-state index contributed by atoms with van der Waals surface area (Å²) in [5.41, 5.74) is 1.63. The zero-order valence-electron chi connectivity index (χ0n) is 13.4. The number of carboxylic acid groups (broad SMARTS) is 1. The van der Waals surface area contributed by atoms with Gasteiger partial charge in [0.25, 0.3) is 0 Å². The predicted molar refractivity (Wildman–Crippen MR) is 101 cm³/mol. The first-order chi connectivity index (χ1) is 12.0. The van der Waals surface area contributed by atoms with E-state index in [9.17, 15) is 14.7 Å². The number of aromatic carboxylic acids is 1. The van der Waals surface area contributed by atoms with Gasteiger partial charge in [0.15, 0.2) is 5.78 Å². The molecule has 122 valence electrons. The fourth-order valence-corrected chi connectivity index (χ4v) is 4.20. The van der Waals surface area contributed by atoms with E-state index in [4.69, 9.17) is 0 Å². The Morgan fingerprint density at radius 2 is 1.60 bits per heavy atom. The van der Waals surface area contributed by atoms with Crippen LogP contribution in [0.25, 0.3) is 20.2 Å². The van der Waals surface area contributed by atoms with Gasteiger partial charge in [-0.15, -0.1) is 11.3 Å². The lowest BCUT2D eigenvalue weighted by molar-refractivity contribution is 0.0693. The van der Waals surface area contributed by atoms with Crippen LogP contribution in [0.4, 0.5) is 0 Å². The zero-order valence-corrected chi connectivity index (χ0v) is 14.3. The molecule has 0 unspecified atom stereocenters. The fourth-order valence-electron chi connectivity index (χ4n) is 3.06. The van der Waals surface area contributed by atoms with Crippen LogP contribution in [-0.4, -0.2) is 16.9 Å². The topological polar surface area (TPSA) is 54.4 Å². The second-order valence-corrected chi connectivity index (χ2v) is 7.08. The molecule has 0 radical (unpaired) electrons. The number of benzene rings is 3. The summed E-state index contributed by atoms with van der Waals surface area (Å²) in [7, 11) is 0. The lowest BCUT2D eigenvalue weighted by atomic mass is 9.96. The summed E-state index contributed by atoms with van der Waals surface area (Å²) in [6.45, 7) is 1.84. The number of carbonyl (C=O) groups excluding carboxylic acids is 1. The van der Waals surface area contributed by atoms with Gasteiger partial charge in [-0.1, -0.05) is 42.0 Å². The molecule has 0 fully saturated rings. The Kier molecular flexibility index (Phi) is 3.62. The van der Waals surface area contributed by atoms with Crippen LogP contribution in [0, 0.1) is 6.92 Å². The minimum Gasteiger partial charge on any atom is -0.478 e. The van der Waals surface area contributed by atoms with Gasteiger partial charge in [0.1, 0.15) is 0 Å². The Hall–Kier alpha value is -2.98. The van der Waals surface area contributed by atoms with Crippen molar-refractivity contribution in [2.75, 3.05) is 0 Å². The SMILES string of the molecule is Cc1ccc(C(=O)O)c(C(=O)c2ccc3c(c2)sc2ccccc23)c1. The molecule has 0 bridgehead atoms. The Balaban J connectivity index is 1.87. The van der Waals surface area contributed by atoms with Crippen molar-refractivity contribution in [2.24, 2.45) is 0 Å². The number of thiophene rings is 1. The molecule has 4 aromatic rings. The third-order valence-corrected chi connectivity index (χ3v) is 5.42. The van der Waals surface area contributed by atoms with Crippen LogP contribution in [0.2, 0.25) is 0 Å². The van der Waals surface area contributed by atoms with Crippen molar-refractivity contribution in [1.82, 2.24) is 0 Å². The normalized spacial score (nSPS) is 11.1. The van der Waals surface area contributed by atoms with E-state index in [1.54, 1.807) is 29.5 Å². The van der Waals surface area contributed by atoms with Crippen LogP contribution < -0.4 is 0 Å². The number of carboxylic acids is 1. The third kappa shape index (κ3) is 2.61. The lowest BCUT2D eigenvalue weighted by Crippen LogP contribution is -2.10. The molecule has 0 saturated carbocycles. The smallest absolute Gasteiger partial charge is 0.336 e. The highest BCUT2D eigenvalue weighted by atomic mass is 32.1. The van der Waals surface area contributed by atoms with Gasteiger partial charge < -0.3 is 5.11 Å². The van der Waals surface area contributed by atoms with Crippen LogP contribution in [-0.2, 0) is 0 Å². The van der Waals surface area contributed by atoms with Gasteiger partial charge in [-0.3, -0.25) is 4.79 Å². The molecule has 0 aliphatic carbocycles. The van der Waals surface area contributed by atoms with Crippen molar-refractivity contribution >= 4 is 43.3 Å². The maximum absolute atomic E-state index is 12.9. The fraction of sp³-hybridized carbons (Fsp3) is 0.0476. The van der Waals surface area contributed by atoms with Crippen molar-refractivity contribution in [2.45, 2.75) is 6.92 Å². The molecule has 1 N–H and O–H groups in total. The summed E-state index contributed by atoms with van der Waals surface area (Å²) in [5.74, 6) is -1.35. The summed E-state index contributed by atoms with van der Waals surface area (Å²) in [6.07, 6.45) is 0. The van der Waals surface area contributed by atoms with Gasteiger partial charge in [0.05, 0.1) is 5.56 Å². The largest absolute Gasteiger partial charge is 0.478 e. The molecule has 3 nitrogen and oxygen atoms in total. The Morgan fingerprint density at radius 3 is 2.40 bits per heavy atom. The van der Waals surface area contributed by atoms with Crippen molar-refractivity contribution in [1.29, 1.82) is 0 Å². The van der Waals surface area contributed by atoms with Crippen LogP contribution in [0.5, 0.6) is 0 Å². The number of carbonyl (C=O) groups is 2. The molecule has 0 atom stereocenters. The van der Waals surface area contributed by atoms with E-state index in [1.165, 1.54) is 16.2 Å². The number of aryl methyl sites for hydroxylation is 1. The van der Waals surface area contributed by atoms with E-state index < -0.39 is 5.97 Å². The monoisotopic (exact) mass is 346 g/mol. The Bertz CT molecular complexity index is 1150. The van der Waals surface area contributed by atoms with Crippen molar-refractivity contribution in [3.63, 3.8) is 0 Å². The Labute approximate surface area is 148 Å². The number of hydrogen-bond donors (Lipinski definition) is 1. The number of hydrogen-bond acceptors (Lipinski definition) is 3. The zero-order chi connectivity index (χ0) is 17.6. The van der Waals surface area contributed by atoms with Crippen LogP contribution in [0.3, 0.4) is 0 Å². The number of fused-ring (bicyclic) bond motifs is 3. The van der Waals surface area contributed by atoms with E-state index in [1.807, 2.05) is 31.2 Å². The summed E-state index contributed by atoms with van der Waals surface area (Å²) < 4.78 is 2.19. The molecule has 25 heavy (non-hydrogen) atoms. The first-order valence-electron chi connectivity index (χ1n) is 7.84. The molecule has 0 aliphatic heterocycles. The van der Waals surface area contributed by atoms with E-state index >= 15 is 0 Å². The average molecular weight is 346 g/mol. The van der Waals surface area contributed by atoms with Gasteiger partial charge in [0.2, 0.25) is 0 Å². The molecule has 4 heteroatoms. The first-order valence-corrected chi connectivity index (χ1v) is 8.66. The van der Waals surface area contributed by atoms with E-state index in [0.29, 0.717) is 5.56 Å². The minimum absolute atomic E-state index is 0.0343. The molecule has 0 spiro atoms. The molecule has 1 heterocycles. The van der Waals surface area contributed by atoms with Gasteiger partial charge in [0, 0.05) is 31.3 Å². The first kappa shape index (κ1) is 15.5. The second-order valence-electron chi connectivity index (χ2n) is 5.99. The summed E-state index contributed by atoms with van der Waals surface area (Å²) in [4.78, 5) is 24.4. The third-order valence-electron chi connectivity index (χ3n) is 4.29. The highest BCUT2D eigenvalue weighted by Crippen LogP contribution is 2.34. The Morgan fingerprint density at radius 1 is 0.840 bits per heavy atom. The van der Waals surface area contributed by atoms with Gasteiger partial charge in [-0.05, 0) is 31.2 Å². The minimum atomic E-state index is -1.09. The molecular weight excluding hydrogens is 332 g/mol. The maximum Gasteiger partial charge on any atom is 0.336 e. The predicted octanol–water partition coefficient (Wildman–Crippen LogP) is 5.29. The summed E-state index contributed by atoms with van der Waals surface area (Å²) in [6, 6.07) is 18.5.